The Labute approximate surface area is 119 Å². The zero-order chi connectivity index (χ0) is 12.1. The van der Waals surface area contributed by atoms with Crippen LogP contribution in [-0.2, 0) is 5.75 Å². The van der Waals surface area contributed by atoms with E-state index in [4.69, 9.17) is 5.73 Å². The first-order chi connectivity index (χ1) is 8.29. The summed E-state index contributed by atoms with van der Waals surface area (Å²) in [5.74, 6) is 1.01. The van der Waals surface area contributed by atoms with Crippen LogP contribution in [0.4, 0.5) is 0 Å². The molecule has 1 heterocycles. The summed E-state index contributed by atoms with van der Waals surface area (Å²) < 4.78 is 1.17. The fourth-order valence-electron chi connectivity index (χ4n) is 1.54. The van der Waals surface area contributed by atoms with Crippen molar-refractivity contribution in [1.29, 1.82) is 0 Å². The molecule has 0 radical (unpaired) electrons. The standard InChI is InChI=1S/C13H14BrNS2/c14-13-7-6-11(17-13)12(8-15)16-9-10-4-2-1-3-5-10/h1-7,12H,8-9,15H2. The third-order valence-electron chi connectivity index (χ3n) is 2.42. The maximum atomic E-state index is 5.85. The summed E-state index contributed by atoms with van der Waals surface area (Å²) in [4.78, 5) is 1.35. The first-order valence-electron chi connectivity index (χ1n) is 5.40. The van der Waals surface area contributed by atoms with Crippen LogP contribution in [0.15, 0.2) is 46.3 Å². The zero-order valence-electron chi connectivity index (χ0n) is 9.30. The molecule has 2 N–H and O–H groups in total. The van der Waals surface area contributed by atoms with Crippen molar-refractivity contribution in [2.24, 2.45) is 5.73 Å². The highest BCUT2D eigenvalue weighted by molar-refractivity contribution is 9.11. The van der Waals surface area contributed by atoms with Crippen molar-refractivity contribution in [2.45, 2.75) is 11.0 Å². The lowest BCUT2D eigenvalue weighted by Gasteiger charge is -2.12. The van der Waals surface area contributed by atoms with E-state index in [0.717, 1.165) is 5.75 Å². The third-order valence-corrected chi connectivity index (χ3v) is 5.65. The fraction of sp³-hybridized carbons (Fsp3) is 0.231. The van der Waals surface area contributed by atoms with Gasteiger partial charge in [0.15, 0.2) is 0 Å². The molecular weight excluding hydrogens is 314 g/mol. The van der Waals surface area contributed by atoms with Gasteiger partial charge in [-0.15, -0.1) is 23.1 Å². The molecule has 0 saturated heterocycles. The Morgan fingerprint density at radius 1 is 1.18 bits per heavy atom. The number of thiophene rings is 1. The number of benzene rings is 1. The molecule has 0 aliphatic heterocycles. The minimum atomic E-state index is 0.395. The maximum absolute atomic E-state index is 5.85. The van der Waals surface area contributed by atoms with Gasteiger partial charge < -0.3 is 5.73 Å². The highest BCUT2D eigenvalue weighted by Gasteiger charge is 2.12. The largest absolute Gasteiger partial charge is 0.329 e. The Morgan fingerprint density at radius 2 is 1.94 bits per heavy atom. The predicted octanol–water partition coefficient (Wildman–Crippen LogP) is 4.44. The molecule has 0 aliphatic rings. The molecule has 1 atom stereocenters. The monoisotopic (exact) mass is 327 g/mol. The quantitative estimate of drug-likeness (QED) is 0.878. The van der Waals surface area contributed by atoms with E-state index in [-0.39, 0.29) is 0 Å². The number of rotatable bonds is 5. The predicted molar refractivity (Wildman–Crippen MR) is 81.6 cm³/mol. The second kappa shape index (κ2) is 6.59. The van der Waals surface area contributed by atoms with Crippen LogP contribution >= 0.6 is 39.0 Å². The summed E-state index contributed by atoms with van der Waals surface area (Å²) in [6.45, 7) is 0.685. The summed E-state index contributed by atoms with van der Waals surface area (Å²) in [5, 5.41) is 0.395. The summed E-state index contributed by atoms with van der Waals surface area (Å²) >= 11 is 7.17. The summed E-state index contributed by atoms with van der Waals surface area (Å²) in [5.41, 5.74) is 7.20. The van der Waals surface area contributed by atoms with Gasteiger partial charge in [0, 0.05) is 17.2 Å². The van der Waals surface area contributed by atoms with Crippen LogP contribution in [0.5, 0.6) is 0 Å². The van der Waals surface area contributed by atoms with Gasteiger partial charge in [-0.05, 0) is 33.6 Å². The Bertz CT molecular complexity index is 455. The van der Waals surface area contributed by atoms with E-state index in [1.165, 1.54) is 14.2 Å². The van der Waals surface area contributed by atoms with E-state index in [2.05, 4.69) is 52.3 Å². The second-order valence-corrected chi connectivity index (χ2v) is 7.35. The van der Waals surface area contributed by atoms with Crippen LogP contribution < -0.4 is 5.73 Å². The average Bonchev–Trinajstić information content (AvgIpc) is 2.78. The maximum Gasteiger partial charge on any atom is 0.0701 e. The summed E-state index contributed by atoms with van der Waals surface area (Å²) in [6, 6.07) is 14.8. The smallest absolute Gasteiger partial charge is 0.0701 e. The van der Waals surface area contributed by atoms with Gasteiger partial charge in [-0.25, -0.2) is 0 Å². The molecule has 0 fully saturated rings. The zero-order valence-corrected chi connectivity index (χ0v) is 12.5. The van der Waals surface area contributed by atoms with Crippen molar-refractivity contribution in [2.75, 3.05) is 6.54 Å². The number of thioether (sulfide) groups is 1. The van der Waals surface area contributed by atoms with Crippen molar-refractivity contribution in [3.8, 4) is 0 Å². The van der Waals surface area contributed by atoms with E-state index < -0.39 is 0 Å². The lowest BCUT2D eigenvalue weighted by atomic mass is 10.2. The van der Waals surface area contributed by atoms with E-state index in [0.29, 0.717) is 11.8 Å². The third kappa shape index (κ3) is 3.85. The minimum absolute atomic E-state index is 0.395. The molecule has 1 unspecified atom stereocenters. The van der Waals surface area contributed by atoms with Crippen LogP contribution in [-0.4, -0.2) is 6.54 Å². The molecule has 0 bridgehead atoms. The van der Waals surface area contributed by atoms with Gasteiger partial charge in [0.2, 0.25) is 0 Å². The van der Waals surface area contributed by atoms with E-state index in [1.807, 2.05) is 17.8 Å². The first-order valence-corrected chi connectivity index (χ1v) is 8.06. The molecule has 1 aromatic heterocycles. The molecule has 2 rings (SSSR count). The molecule has 1 aromatic carbocycles. The molecule has 90 valence electrons. The van der Waals surface area contributed by atoms with Gasteiger partial charge in [0.05, 0.1) is 9.04 Å². The van der Waals surface area contributed by atoms with Gasteiger partial charge in [0.1, 0.15) is 0 Å². The van der Waals surface area contributed by atoms with Crippen LogP contribution in [0, 0.1) is 0 Å². The van der Waals surface area contributed by atoms with E-state index in [9.17, 15) is 0 Å². The normalized spacial score (nSPS) is 12.6. The molecule has 0 saturated carbocycles. The van der Waals surface area contributed by atoms with E-state index in [1.54, 1.807) is 11.3 Å². The molecule has 17 heavy (non-hydrogen) atoms. The number of nitrogens with two attached hydrogens (primary N) is 1. The van der Waals surface area contributed by atoms with Crippen LogP contribution in [0.25, 0.3) is 0 Å². The highest BCUT2D eigenvalue weighted by Crippen LogP contribution is 2.36. The topological polar surface area (TPSA) is 26.0 Å². The number of hydrogen-bond donors (Lipinski definition) is 1. The number of halogens is 1. The minimum Gasteiger partial charge on any atom is -0.329 e. The van der Waals surface area contributed by atoms with Crippen molar-refractivity contribution in [3.63, 3.8) is 0 Å². The Balaban J connectivity index is 1.97. The molecule has 0 aliphatic carbocycles. The van der Waals surface area contributed by atoms with Crippen molar-refractivity contribution in [3.05, 3.63) is 56.7 Å². The van der Waals surface area contributed by atoms with Crippen LogP contribution in [0.2, 0.25) is 0 Å². The Kier molecular flexibility index (Phi) is 5.10. The first kappa shape index (κ1) is 13.1. The van der Waals surface area contributed by atoms with Gasteiger partial charge in [-0.3, -0.25) is 0 Å². The summed E-state index contributed by atoms with van der Waals surface area (Å²) in [6.07, 6.45) is 0. The Morgan fingerprint density at radius 3 is 2.53 bits per heavy atom. The van der Waals surface area contributed by atoms with Gasteiger partial charge in [0.25, 0.3) is 0 Å². The summed E-state index contributed by atoms with van der Waals surface area (Å²) in [7, 11) is 0. The fourth-order valence-corrected chi connectivity index (χ4v) is 4.27. The molecule has 1 nitrogen and oxygen atoms in total. The van der Waals surface area contributed by atoms with Crippen molar-refractivity contribution >= 4 is 39.0 Å². The van der Waals surface area contributed by atoms with Gasteiger partial charge >= 0.3 is 0 Å². The SMILES string of the molecule is NCC(SCc1ccccc1)c1ccc(Br)s1. The highest BCUT2D eigenvalue weighted by atomic mass is 79.9. The number of hydrogen-bond acceptors (Lipinski definition) is 3. The van der Waals surface area contributed by atoms with E-state index >= 15 is 0 Å². The lowest BCUT2D eigenvalue weighted by Crippen LogP contribution is -2.08. The molecule has 0 amide bonds. The molecule has 0 spiro atoms. The van der Waals surface area contributed by atoms with Crippen LogP contribution in [0.3, 0.4) is 0 Å². The van der Waals surface area contributed by atoms with Gasteiger partial charge in [-0.1, -0.05) is 30.3 Å². The second-order valence-electron chi connectivity index (χ2n) is 3.66. The van der Waals surface area contributed by atoms with Crippen molar-refractivity contribution < 1.29 is 0 Å². The lowest BCUT2D eigenvalue weighted by molar-refractivity contribution is 0.960. The van der Waals surface area contributed by atoms with Crippen LogP contribution in [0.1, 0.15) is 15.7 Å². The average molecular weight is 328 g/mol. The molecule has 2 aromatic rings. The van der Waals surface area contributed by atoms with Crippen molar-refractivity contribution in [1.82, 2.24) is 0 Å². The molecule has 4 heteroatoms. The Hall–Kier alpha value is -0.290. The van der Waals surface area contributed by atoms with Gasteiger partial charge in [-0.2, -0.15) is 0 Å². The molecular formula is C13H14BrNS2.